The fourth-order valence-corrected chi connectivity index (χ4v) is 14.7. The number of fused-ring (bicyclic) bond motifs is 4. The molecule has 16 nitrogen and oxygen atoms in total. The van der Waals surface area contributed by atoms with Crippen molar-refractivity contribution < 1.29 is 29.1 Å². The predicted molar refractivity (Wildman–Crippen MR) is 320 cm³/mol. The molecule has 6 heterocycles. The third-order valence-electron chi connectivity index (χ3n) is 18.6. The maximum Gasteiger partial charge on any atom is 0.275 e. The number of halogens is 1. The van der Waals surface area contributed by atoms with Crippen LogP contribution in [-0.2, 0) is 49.7 Å². The molecule has 424 valence electrons. The Bertz CT molecular complexity index is 3690. The number of carbonyl (C=O) groups is 5. The zero-order chi connectivity index (χ0) is 57.0. The van der Waals surface area contributed by atoms with Crippen LogP contribution in [0.5, 0.6) is 0 Å². The average molecular weight is 1130 g/mol. The van der Waals surface area contributed by atoms with Crippen molar-refractivity contribution >= 4 is 75.6 Å². The molecule has 17 heteroatoms. The number of nitrogens with one attached hydrogen (secondary N) is 4. The van der Waals surface area contributed by atoms with Crippen LogP contribution in [0, 0.1) is 6.92 Å². The molecule has 83 heavy (non-hydrogen) atoms. The number of pyridine rings is 2. The van der Waals surface area contributed by atoms with Crippen LogP contribution < -0.4 is 21.3 Å². The van der Waals surface area contributed by atoms with Crippen molar-refractivity contribution in [1.29, 1.82) is 0 Å². The van der Waals surface area contributed by atoms with Gasteiger partial charge in [0.15, 0.2) is 0 Å². The quantitative estimate of drug-likeness (QED) is 0.0882. The minimum absolute atomic E-state index is 0.0438. The smallest absolute Gasteiger partial charge is 0.275 e. The molecule has 2 aromatic heterocycles. The van der Waals surface area contributed by atoms with Gasteiger partial charge in [0.25, 0.3) is 11.8 Å². The predicted octanol–water partition coefficient (Wildman–Crippen LogP) is 10.3. The lowest BCUT2D eigenvalue weighted by Gasteiger charge is -2.38. The van der Waals surface area contributed by atoms with Crippen LogP contribution >= 0.6 is 11.6 Å². The highest BCUT2D eigenvalue weighted by atomic mass is 35.5. The van der Waals surface area contributed by atoms with Gasteiger partial charge in [0.1, 0.15) is 53.7 Å². The summed E-state index contributed by atoms with van der Waals surface area (Å²) in [6.07, 6.45) is 14.2. The van der Waals surface area contributed by atoms with Gasteiger partial charge < -0.3 is 36.2 Å². The highest BCUT2D eigenvalue weighted by molar-refractivity contribution is 6.50. The van der Waals surface area contributed by atoms with Crippen LogP contribution in [0.25, 0.3) is 0 Å². The molecule has 2 saturated carbocycles. The Morgan fingerprint density at radius 2 is 1.29 bits per heavy atom. The molecule has 2 spiro atoms. The number of amides is 5. The van der Waals surface area contributed by atoms with Crippen molar-refractivity contribution in [3.05, 3.63) is 176 Å². The fraction of sp³-hybridized carbons (Fsp3) is 0.379. The molecule has 0 bridgehead atoms. The summed E-state index contributed by atoms with van der Waals surface area (Å²) in [5.41, 5.74) is 9.51. The number of hydrogen-bond donors (Lipinski definition) is 5. The van der Waals surface area contributed by atoms with Crippen LogP contribution in [-0.4, -0.2) is 96.5 Å². The first-order valence-corrected chi connectivity index (χ1v) is 29.9. The molecule has 5 atom stereocenters. The summed E-state index contributed by atoms with van der Waals surface area (Å²) in [7, 11) is 0. The van der Waals surface area contributed by atoms with Gasteiger partial charge in [-0.05, 0) is 191 Å². The lowest BCUT2D eigenvalue weighted by atomic mass is 9.83. The molecule has 2 fully saturated rings. The molecular formula is C66H67ClN10O6. The number of aliphatic hydroxyl groups is 1. The van der Waals surface area contributed by atoms with E-state index in [4.69, 9.17) is 21.6 Å². The van der Waals surface area contributed by atoms with Gasteiger partial charge in [0, 0.05) is 46.4 Å². The monoisotopic (exact) mass is 1130 g/mol. The lowest BCUT2D eigenvalue weighted by Crippen LogP contribution is -2.51. The van der Waals surface area contributed by atoms with E-state index in [1.54, 1.807) is 22.2 Å². The maximum absolute atomic E-state index is 14.8. The molecule has 13 rings (SSSR count). The second kappa shape index (κ2) is 22.2. The van der Waals surface area contributed by atoms with E-state index in [0.29, 0.717) is 90.7 Å². The summed E-state index contributed by atoms with van der Waals surface area (Å²) in [6, 6.07) is 33.1. The number of anilines is 4. The molecule has 4 aliphatic heterocycles. The number of aryl methyl sites for hydroxylation is 5. The summed E-state index contributed by atoms with van der Waals surface area (Å²) < 4.78 is 0. The Morgan fingerprint density at radius 3 is 2.05 bits per heavy atom. The molecule has 3 aliphatic carbocycles. The Kier molecular flexibility index (Phi) is 14.5. The Balaban J connectivity index is 0.706. The van der Waals surface area contributed by atoms with E-state index >= 15 is 0 Å². The van der Waals surface area contributed by atoms with Crippen molar-refractivity contribution in [2.75, 3.05) is 34.4 Å². The molecule has 7 aliphatic rings. The second-order valence-electron chi connectivity index (χ2n) is 23.7. The number of aromatic nitrogens is 2. The Hall–Kier alpha value is -8.08. The van der Waals surface area contributed by atoms with Crippen LogP contribution in [0.1, 0.15) is 150 Å². The van der Waals surface area contributed by atoms with E-state index in [1.165, 1.54) is 0 Å². The summed E-state index contributed by atoms with van der Waals surface area (Å²) >= 11 is 7.25. The third kappa shape index (κ3) is 10.4. The molecular weight excluding hydrogens is 1060 g/mol. The minimum Gasteiger partial charge on any atom is -0.374 e. The molecule has 4 aromatic carbocycles. The SMILES string of the molecule is Cc1ccccc1C1=NC2(CCCC(c3ccc(C4=NC5(CCCCC5)N(CC(=O)Nc5ccc6c(c5)CCc5cccnc5NC(O)CC6)C4=O)c(Cl)c3)CC2)N(CC(=O)Nc2ccc3c(c2)C(C2C(=O)Nc4ncccc42)CC3)C1=O. The van der Waals surface area contributed by atoms with E-state index in [1.807, 2.05) is 110 Å². The normalized spacial score (nSPS) is 23.5. The Labute approximate surface area is 487 Å². The zero-order valence-corrected chi connectivity index (χ0v) is 47.3. The topological polar surface area (TPSA) is 211 Å². The molecule has 0 radical (unpaired) electrons. The third-order valence-corrected chi connectivity index (χ3v) is 18.9. The molecule has 5 N–H and O–H groups in total. The summed E-state index contributed by atoms with van der Waals surface area (Å²) in [6.45, 7) is 1.60. The highest BCUT2D eigenvalue weighted by Crippen LogP contribution is 2.49. The summed E-state index contributed by atoms with van der Waals surface area (Å²) in [4.78, 5) is 93.9. The van der Waals surface area contributed by atoms with Crippen molar-refractivity contribution in [2.24, 2.45) is 9.98 Å². The lowest BCUT2D eigenvalue weighted by molar-refractivity contribution is -0.134. The summed E-state index contributed by atoms with van der Waals surface area (Å²) in [5.74, 6) is -0.429. The van der Waals surface area contributed by atoms with E-state index in [-0.39, 0.29) is 66.1 Å². The van der Waals surface area contributed by atoms with Gasteiger partial charge in [-0.1, -0.05) is 78.7 Å². The largest absolute Gasteiger partial charge is 0.374 e. The molecule has 5 amide bonds. The number of nitrogens with zero attached hydrogens (tertiary/aromatic N) is 6. The van der Waals surface area contributed by atoms with Gasteiger partial charge in [0.2, 0.25) is 17.7 Å². The van der Waals surface area contributed by atoms with Crippen LogP contribution in [0.2, 0.25) is 5.02 Å². The number of benzene rings is 4. The maximum atomic E-state index is 14.8. The van der Waals surface area contributed by atoms with E-state index in [9.17, 15) is 29.1 Å². The first-order chi connectivity index (χ1) is 40.3. The minimum atomic E-state index is -0.968. The zero-order valence-electron chi connectivity index (χ0n) is 46.6. The summed E-state index contributed by atoms with van der Waals surface area (Å²) in [5, 5.41) is 23.4. The van der Waals surface area contributed by atoms with Crippen molar-refractivity contribution in [2.45, 2.75) is 145 Å². The van der Waals surface area contributed by atoms with E-state index in [0.717, 1.165) is 101 Å². The standard InChI is InChI=1S/C66H67ClN10O6/c1-39-10-3-4-13-48(39)58-63(82)77(38-56(80)71-47-23-18-42-19-24-49(52(42)36-47)57-51-14-9-33-69-61(51)73-62(57)81)66(74-58)30-7-11-40(27-31-66)45-20-25-50(53(67)35-45)59-64(83)76(65(75-59)28-5-2-6-29-65)37-55(79)70-46-22-17-41-21-26-54(78)72-60-43(12-8-32-68-60)15-16-44(41)34-46/h3-4,8-10,12-14,17-18,20,22-23,25,32-36,40,49,54,57,78H,2,5-7,11,15-16,19,21,24,26-31,37-38H2,1H3,(H,68,72)(H,70,79)(H,71,80)(H,69,73,81). The van der Waals surface area contributed by atoms with Gasteiger partial charge in [-0.2, -0.15) is 0 Å². The number of carbonyl (C=O) groups excluding carboxylic acids is 5. The van der Waals surface area contributed by atoms with Gasteiger partial charge in [0.05, 0.1) is 10.9 Å². The Morgan fingerprint density at radius 1 is 0.627 bits per heavy atom. The van der Waals surface area contributed by atoms with Gasteiger partial charge in [-0.25, -0.2) is 9.97 Å². The van der Waals surface area contributed by atoms with Gasteiger partial charge >= 0.3 is 0 Å². The van der Waals surface area contributed by atoms with Crippen LogP contribution in [0.4, 0.5) is 23.0 Å². The first kappa shape index (κ1) is 54.2. The first-order valence-electron chi connectivity index (χ1n) is 29.5. The van der Waals surface area contributed by atoms with Gasteiger partial charge in [-0.15, -0.1) is 0 Å². The number of aliphatic hydroxyl groups excluding tert-OH is 1. The van der Waals surface area contributed by atoms with Crippen molar-refractivity contribution in [3.63, 3.8) is 0 Å². The second-order valence-corrected chi connectivity index (χ2v) is 24.1. The molecule has 5 unspecified atom stereocenters. The van der Waals surface area contributed by atoms with Gasteiger partial charge in [-0.3, -0.25) is 34.0 Å². The van der Waals surface area contributed by atoms with Crippen LogP contribution in [0.3, 0.4) is 0 Å². The highest BCUT2D eigenvalue weighted by Gasteiger charge is 2.51. The molecule has 0 saturated heterocycles. The van der Waals surface area contributed by atoms with Crippen LogP contribution in [0.15, 0.2) is 126 Å². The van der Waals surface area contributed by atoms with E-state index < -0.39 is 17.6 Å². The fourth-order valence-electron chi connectivity index (χ4n) is 14.4. The number of hydrogen-bond acceptors (Lipinski definition) is 11. The van der Waals surface area contributed by atoms with Crippen molar-refractivity contribution in [1.82, 2.24) is 19.8 Å². The van der Waals surface area contributed by atoms with E-state index in [2.05, 4.69) is 31.2 Å². The van der Waals surface area contributed by atoms with Crippen molar-refractivity contribution in [3.8, 4) is 0 Å². The number of aliphatic imine (C=N–C) groups is 2. The molecule has 6 aromatic rings. The number of rotatable bonds is 10. The average Bonchev–Trinajstić information content (AvgIpc) is 2.53.